The summed E-state index contributed by atoms with van der Waals surface area (Å²) in [7, 11) is 0. The molecule has 0 unspecified atom stereocenters. The lowest BCUT2D eigenvalue weighted by Gasteiger charge is -2.36. The molecule has 5 heteroatoms. The molecule has 138 valence electrons. The SMILES string of the molecule is Cc1cccc(N2CCN(CCCNC(=O)c3ccc(F)cc3)CC2)c1. The summed E-state index contributed by atoms with van der Waals surface area (Å²) >= 11 is 0. The summed E-state index contributed by atoms with van der Waals surface area (Å²) in [6.07, 6.45) is 0.914. The molecule has 1 N–H and O–H groups in total. The summed E-state index contributed by atoms with van der Waals surface area (Å²) < 4.78 is 12.9. The molecule has 2 aromatic rings. The van der Waals surface area contributed by atoms with Crippen molar-refractivity contribution >= 4 is 11.6 Å². The van der Waals surface area contributed by atoms with Gasteiger partial charge in [0.05, 0.1) is 0 Å². The molecule has 0 aliphatic carbocycles. The van der Waals surface area contributed by atoms with Crippen molar-refractivity contribution in [1.82, 2.24) is 10.2 Å². The molecule has 1 heterocycles. The predicted molar refractivity (Wildman–Crippen MR) is 103 cm³/mol. The standard InChI is InChI=1S/C21H26FN3O/c1-17-4-2-5-20(16-17)25-14-12-24(13-15-25)11-3-10-23-21(26)18-6-8-19(22)9-7-18/h2,4-9,16H,3,10-15H2,1H3,(H,23,26). The number of aryl methyl sites for hydroxylation is 1. The van der Waals surface area contributed by atoms with E-state index in [0.717, 1.165) is 39.1 Å². The quantitative estimate of drug-likeness (QED) is 0.809. The number of halogens is 1. The minimum atomic E-state index is -0.327. The molecule has 0 aromatic heterocycles. The summed E-state index contributed by atoms with van der Waals surface area (Å²) in [6, 6.07) is 14.3. The molecule has 3 rings (SSSR count). The van der Waals surface area contributed by atoms with Gasteiger partial charge < -0.3 is 10.2 Å². The normalized spacial score (nSPS) is 15.1. The van der Waals surface area contributed by atoms with Gasteiger partial charge in [-0.3, -0.25) is 9.69 Å². The molecule has 0 radical (unpaired) electrons. The van der Waals surface area contributed by atoms with E-state index in [1.807, 2.05) is 0 Å². The average molecular weight is 355 g/mol. The molecule has 0 saturated carbocycles. The van der Waals surface area contributed by atoms with Crippen molar-refractivity contribution in [1.29, 1.82) is 0 Å². The molecule has 1 amide bonds. The van der Waals surface area contributed by atoms with Gasteiger partial charge in [-0.25, -0.2) is 4.39 Å². The maximum atomic E-state index is 12.9. The maximum absolute atomic E-state index is 12.9. The molecule has 0 atom stereocenters. The number of piperazine rings is 1. The second-order valence-electron chi connectivity index (χ2n) is 6.78. The smallest absolute Gasteiger partial charge is 0.251 e. The van der Waals surface area contributed by atoms with Crippen LogP contribution in [0.15, 0.2) is 48.5 Å². The minimum Gasteiger partial charge on any atom is -0.369 e. The van der Waals surface area contributed by atoms with E-state index in [2.05, 4.69) is 46.3 Å². The topological polar surface area (TPSA) is 35.6 Å². The number of nitrogens with zero attached hydrogens (tertiary/aromatic N) is 2. The van der Waals surface area contributed by atoms with E-state index in [9.17, 15) is 9.18 Å². The van der Waals surface area contributed by atoms with Crippen molar-refractivity contribution in [2.75, 3.05) is 44.2 Å². The highest BCUT2D eigenvalue weighted by Gasteiger charge is 2.16. The number of nitrogens with one attached hydrogen (secondary N) is 1. The number of benzene rings is 2. The Morgan fingerprint density at radius 3 is 2.50 bits per heavy atom. The molecular formula is C21H26FN3O. The first-order valence-corrected chi connectivity index (χ1v) is 9.19. The van der Waals surface area contributed by atoms with Gasteiger partial charge in [-0.05, 0) is 61.9 Å². The zero-order valence-electron chi connectivity index (χ0n) is 15.2. The Morgan fingerprint density at radius 1 is 1.08 bits per heavy atom. The van der Waals surface area contributed by atoms with Crippen LogP contribution in [0.5, 0.6) is 0 Å². The van der Waals surface area contributed by atoms with Crippen LogP contribution < -0.4 is 10.2 Å². The number of hydrogen-bond acceptors (Lipinski definition) is 3. The first-order chi connectivity index (χ1) is 12.6. The number of anilines is 1. The fraction of sp³-hybridized carbons (Fsp3) is 0.381. The van der Waals surface area contributed by atoms with Gasteiger partial charge in [0.2, 0.25) is 0 Å². The van der Waals surface area contributed by atoms with Crippen molar-refractivity contribution in [3.8, 4) is 0 Å². The van der Waals surface area contributed by atoms with Crippen LogP contribution in [-0.4, -0.2) is 50.1 Å². The number of carbonyl (C=O) groups is 1. The first kappa shape index (κ1) is 18.4. The van der Waals surface area contributed by atoms with Crippen LogP contribution in [0.1, 0.15) is 22.3 Å². The van der Waals surface area contributed by atoms with Crippen LogP contribution in [0, 0.1) is 12.7 Å². The second kappa shape index (κ2) is 8.81. The number of rotatable bonds is 6. The van der Waals surface area contributed by atoms with Gasteiger partial charge in [0.1, 0.15) is 5.82 Å². The van der Waals surface area contributed by atoms with Crippen molar-refractivity contribution in [2.45, 2.75) is 13.3 Å². The number of carbonyl (C=O) groups excluding carboxylic acids is 1. The van der Waals surface area contributed by atoms with E-state index in [0.29, 0.717) is 12.1 Å². The first-order valence-electron chi connectivity index (χ1n) is 9.19. The van der Waals surface area contributed by atoms with Gasteiger partial charge >= 0.3 is 0 Å². The van der Waals surface area contributed by atoms with Crippen molar-refractivity contribution in [3.05, 3.63) is 65.5 Å². The van der Waals surface area contributed by atoms with Crippen molar-refractivity contribution in [3.63, 3.8) is 0 Å². The molecular weight excluding hydrogens is 329 g/mol. The van der Waals surface area contributed by atoms with Crippen molar-refractivity contribution in [2.24, 2.45) is 0 Å². The Kier molecular flexibility index (Phi) is 6.23. The van der Waals surface area contributed by atoms with Gasteiger partial charge in [-0.15, -0.1) is 0 Å². The highest BCUT2D eigenvalue weighted by Crippen LogP contribution is 2.17. The Balaban J connectivity index is 1.35. The maximum Gasteiger partial charge on any atom is 0.251 e. The Bertz CT molecular complexity index is 724. The Hall–Kier alpha value is -2.40. The molecule has 2 aromatic carbocycles. The van der Waals surface area contributed by atoms with Crippen LogP contribution in [-0.2, 0) is 0 Å². The number of amides is 1. The summed E-state index contributed by atoms with van der Waals surface area (Å²) in [4.78, 5) is 16.9. The molecule has 0 spiro atoms. The summed E-state index contributed by atoms with van der Waals surface area (Å²) in [6.45, 7) is 7.89. The highest BCUT2D eigenvalue weighted by molar-refractivity contribution is 5.94. The third kappa shape index (κ3) is 5.05. The molecule has 1 saturated heterocycles. The van der Waals surface area contributed by atoms with Crippen LogP contribution in [0.25, 0.3) is 0 Å². The van der Waals surface area contributed by atoms with Crippen LogP contribution in [0.2, 0.25) is 0 Å². The van der Waals surface area contributed by atoms with Crippen molar-refractivity contribution < 1.29 is 9.18 Å². The molecule has 26 heavy (non-hydrogen) atoms. The third-order valence-corrected chi connectivity index (χ3v) is 4.78. The zero-order chi connectivity index (χ0) is 18.4. The van der Waals surface area contributed by atoms with E-state index in [-0.39, 0.29) is 11.7 Å². The fourth-order valence-electron chi connectivity index (χ4n) is 3.26. The van der Waals surface area contributed by atoms with Gasteiger partial charge in [0.25, 0.3) is 5.91 Å². The fourth-order valence-corrected chi connectivity index (χ4v) is 3.26. The lowest BCUT2D eigenvalue weighted by Crippen LogP contribution is -2.47. The van der Waals surface area contributed by atoms with E-state index in [1.54, 1.807) is 0 Å². The van der Waals surface area contributed by atoms with E-state index < -0.39 is 0 Å². The average Bonchev–Trinajstić information content (AvgIpc) is 2.66. The van der Waals surface area contributed by atoms with Gasteiger partial charge in [0, 0.05) is 44.0 Å². The van der Waals surface area contributed by atoms with Crippen LogP contribution in [0.4, 0.5) is 10.1 Å². The van der Waals surface area contributed by atoms with Gasteiger partial charge in [0.15, 0.2) is 0 Å². The summed E-state index contributed by atoms with van der Waals surface area (Å²) in [5.41, 5.74) is 3.09. The lowest BCUT2D eigenvalue weighted by molar-refractivity contribution is 0.0951. The van der Waals surface area contributed by atoms with E-state index in [1.165, 1.54) is 35.5 Å². The molecule has 1 fully saturated rings. The summed E-state index contributed by atoms with van der Waals surface area (Å²) in [5.74, 6) is -0.472. The molecule has 4 nitrogen and oxygen atoms in total. The zero-order valence-corrected chi connectivity index (χ0v) is 15.2. The predicted octanol–water partition coefficient (Wildman–Crippen LogP) is 3.08. The Labute approximate surface area is 154 Å². The monoisotopic (exact) mass is 355 g/mol. The van der Waals surface area contributed by atoms with Gasteiger partial charge in [-0.1, -0.05) is 12.1 Å². The Morgan fingerprint density at radius 2 is 1.81 bits per heavy atom. The number of hydrogen-bond donors (Lipinski definition) is 1. The summed E-state index contributed by atoms with van der Waals surface area (Å²) in [5, 5.41) is 2.90. The molecule has 0 bridgehead atoms. The third-order valence-electron chi connectivity index (χ3n) is 4.78. The second-order valence-corrected chi connectivity index (χ2v) is 6.78. The van der Waals surface area contributed by atoms with E-state index in [4.69, 9.17) is 0 Å². The van der Waals surface area contributed by atoms with E-state index >= 15 is 0 Å². The minimum absolute atomic E-state index is 0.144. The van der Waals surface area contributed by atoms with Gasteiger partial charge in [-0.2, -0.15) is 0 Å². The lowest BCUT2D eigenvalue weighted by atomic mass is 10.2. The highest BCUT2D eigenvalue weighted by atomic mass is 19.1. The largest absolute Gasteiger partial charge is 0.369 e. The van der Waals surface area contributed by atoms with Crippen LogP contribution in [0.3, 0.4) is 0 Å². The molecule has 1 aliphatic rings. The molecule has 1 aliphatic heterocycles. The van der Waals surface area contributed by atoms with Crippen LogP contribution >= 0.6 is 0 Å².